The molecule has 1 aliphatic heterocycles. The molecule has 3 N–H and O–H groups in total. The van der Waals surface area contributed by atoms with E-state index in [2.05, 4.69) is 31.0 Å². The maximum atomic E-state index is 12.7. The summed E-state index contributed by atoms with van der Waals surface area (Å²) < 4.78 is 12.3. The molecule has 5 rings (SSSR count). The quantitative estimate of drug-likeness (QED) is 0.398. The summed E-state index contributed by atoms with van der Waals surface area (Å²) in [5.74, 6) is 1.46. The molecule has 0 aliphatic carbocycles. The number of nitrogens with one attached hydrogen (secondary N) is 2. The minimum atomic E-state index is -0.605. The number of aromatic hydroxyl groups is 1. The molecule has 2 aromatic carbocycles. The van der Waals surface area contributed by atoms with Crippen molar-refractivity contribution in [3.8, 4) is 28.5 Å². The van der Waals surface area contributed by atoms with E-state index >= 15 is 0 Å². The molecule has 2 aromatic heterocycles. The number of phenolic OH excluding ortho intramolecular Hbond substituents is 1. The molecule has 0 saturated carbocycles. The smallest absolute Gasteiger partial charge is 0.288 e. The Morgan fingerprint density at radius 3 is 2.71 bits per heavy atom. The van der Waals surface area contributed by atoms with E-state index in [4.69, 9.17) is 9.47 Å². The lowest BCUT2D eigenvalue weighted by atomic mass is 9.92. The fourth-order valence-electron chi connectivity index (χ4n) is 3.74. The van der Waals surface area contributed by atoms with Crippen molar-refractivity contribution in [2.45, 2.75) is 6.04 Å². The number of aromatic amines is 1. The number of phenols is 1. The topological polar surface area (TPSA) is 140 Å². The fraction of sp³-hybridized carbons (Fsp3) is 0.150. The number of ether oxygens (including phenoxy) is 2. The van der Waals surface area contributed by atoms with Crippen LogP contribution < -0.4 is 20.3 Å². The maximum absolute atomic E-state index is 12.7. The van der Waals surface area contributed by atoms with Crippen molar-refractivity contribution >= 4 is 11.6 Å². The van der Waals surface area contributed by atoms with Gasteiger partial charge in [-0.3, -0.25) is 4.79 Å². The van der Waals surface area contributed by atoms with E-state index in [0.29, 0.717) is 39.8 Å². The number of tetrazole rings is 1. The lowest BCUT2D eigenvalue weighted by molar-refractivity contribution is 0.355. The molecular weight excluding hydrogens is 402 g/mol. The lowest BCUT2D eigenvalue weighted by Gasteiger charge is -2.28. The van der Waals surface area contributed by atoms with Gasteiger partial charge in [-0.05, 0) is 46.3 Å². The highest BCUT2D eigenvalue weighted by molar-refractivity contribution is 5.76. The van der Waals surface area contributed by atoms with E-state index in [9.17, 15) is 9.90 Å². The zero-order valence-corrected chi connectivity index (χ0v) is 16.5. The van der Waals surface area contributed by atoms with Crippen LogP contribution >= 0.6 is 0 Å². The minimum absolute atomic E-state index is 0.0812. The molecule has 1 atom stereocenters. The molecule has 156 valence electrons. The number of methoxy groups -OCH3 is 2. The summed E-state index contributed by atoms with van der Waals surface area (Å²) in [5.41, 5.74) is 2.28. The summed E-state index contributed by atoms with van der Waals surface area (Å²) in [6.07, 6.45) is 0. The molecule has 0 amide bonds. The van der Waals surface area contributed by atoms with Crippen molar-refractivity contribution < 1.29 is 14.6 Å². The number of H-pyrrole nitrogens is 1. The zero-order valence-electron chi connectivity index (χ0n) is 16.5. The lowest BCUT2D eigenvalue weighted by Crippen LogP contribution is -2.29. The number of nitrogens with zero attached hydrogens (tertiary/aromatic N) is 5. The van der Waals surface area contributed by atoms with Crippen LogP contribution in [0.25, 0.3) is 11.3 Å². The number of fused-ring (bicyclic) bond motifs is 2. The van der Waals surface area contributed by atoms with E-state index in [1.54, 1.807) is 49.2 Å². The van der Waals surface area contributed by atoms with Crippen LogP contribution in [0.4, 0.5) is 11.6 Å². The third-order valence-corrected chi connectivity index (χ3v) is 5.11. The first-order valence-electron chi connectivity index (χ1n) is 9.29. The van der Waals surface area contributed by atoms with E-state index in [1.165, 1.54) is 0 Å². The molecule has 11 nitrogen and oxygen atoms in total. The number of anilines is 2. The van der Waals surface area contributed by atoms with Crippen LogP contribution in [0.5, 0.6) is 17.2 Å². The molecule has 0 saturated heterocycles. The zero-order chi connectivity index (χ0) is 21.5. The van der Waals surface area contributed by atoms with Crippen LogP contribution in [0.2, 0.25) is 0 Å². The van der Waals surface area contributed by atoms with Gasteiger partial charge in [-0.15, -0.1) is 0 Å². The van der Waals surface area contributed by atoms with Gasteiger partial charge in [0.25, 0.3) is 5.56 Å². The van der Waals surface area contributed by atoms with Crippen LogP contribution in [0.15, 0.2) is 47.3 Å². The summed E-state index contributed by atoms with van der Waals surface area (Å²) in [6.45, 7) is 0. The summed E-state index contributed by atoms with van der Waals surface area (Å²) in [6, 6.07) is 11.5. The Morgan fingerprint density at radius 2 is 1.94 bits per heavy atom. The highest BCUT2D eigenvalue weighted by atomic mass is 16.5. The number of hydrogen-bond donors (Lipinski definition) is 3. The summed E-state index contributed by atoms with van der Waals surface area (Å²) in [5, 5.41) is 31.7. The molecule has 1 aliphatic rings. The number of rotatable bonds is 4. The van der Waals surface area contributed by atoms with E-state index in [1.807, 2.05) is 12.1 Å². The second-order valence-corrected chi connectivity index (χ2v) is 6.83. The van der Waals surface area contributed by atoms with Gasteiger partial charge >= 0.3 is 0 Å². The standard InChI is InChI=1S/C20H17N7O4/c1-30-13-7-6-10(9-14(13)31-2)16-15-17(19(29)23-22-16)21-20-24-25-26-27(20)18(15)11-4-3-5-12(28)8-11/h3-9,18,28H,1-2H3,(H,23,29)(H,21,24,26)/t18-/m0/s1. The number of aromatic nitrogens is 6. The van der Waals surface area contributed by atoms with Gasteiger partial charge in [0.05, 0.1) is 19.9 Å². The third kappa shape index (κ3) is 2.94. The van der Waals surface area contributed by atoms with Gasteiger partial charge in [-0.2, -0.15) is 9.78 Å². The highest BCUT2D eigenvalue weighted by Gasteiger charge is 2.34. The van der Waals surface area contributed by atoms with Crippen molar-refractivity contribution in [1.82, 2.24) is 30.4 Å². The summed E-state index contributed by atoms with van der Waals surface area (Å²) in [7, 11) is 3.10. The monoisotopic (exact) mass is 419 g/mol. The molecule has 0 bridgehead atoms. The molecule has 31 heavy (non-hydrogen) atoms. The first-order chi connectivity index (χ1) is 15.1. The number of benzene rings is 2. The second kappa shape index (κ2) is 7.13. The SMILES string of the molecule is COc1ccc(-c2n[nH]c(=O)c3c2[C@H](c2cccc(O)c2)n2nnnc2N3)cc1OC. The predicted octanol–water partition coefficient (Wildman–Crippen LogP) is 1.84. The summed E-state index contributed by atoms with van der Waals surface area (Å²) in [4.78, 5) is 12.7. The Hall–Kier alpha value is -4.41. The molecule has 0 radical (unpaired) electrons. The second-order valence-electron chi connectivity index (χ2n) is 6.83. The minimum Gasteiger partial charge on any atom is -0.508 e. The van der Waals surface area contributed by atoms with Crippen molar-refractivity contribution in [3.05, 3.63) is 63.9 Å². The molecule has 0 spiro atoms. The van der Waals surface area contributed by atoms with Crippen molar-refractivity contribution in [3.63, 3.8) is 0 Å². The Labute approximate surface area is 175 Å². The van der Waals surface area contributed by atoms with Gasteiger partial charge in [0.2, 0.25) is 5.95 Å². The van der Waals surface area contributed by atoms with E-state index in [0.717, 1.165) is 0 Å². The average molecular weight is 419 g/mol. The van der Waals surface area contributed by atoms with Gasteiger partial charge in [-0.25, -0.2) is 5.10 Å². The first-order valence-corrected chi connectivity index (χ1v) is 9.29. The maximum Gasteiger partial charge on any atom is 0.288 e. The number of hydrogen-bond acceptors (Lipinski definition) is 9. The van der Waals surface area contributed by atoms with Crippen molar-refractivity contribution in [2.24, 2.45) is 0 Å². The normalized spacial score (nSPS) is 14.3. The first kappa shape index (κ1) is 18.6. The molecule has 4 aromatic rings. The van der Waals surface area contributed by atoms with Crippen LogP contribution in [-0.2, 0) is 0 Å². The van der Waals surface area contributed by atoms with Crippen LogP contribution in [0, 0.1) is 0 Å². The predicted molar refractivity (Wildman–Crippen MR) is 110 cm³/mol. The van der Waals surface area contributed by atoms with Crippen LogP contribution in [0.3, 0.4) is 0 Å². The molecule has 11 heteroatoms. The average Bonchev–Trinajstić information content (AvgIpc) is 3.26. The van der Waals surface area contributed by atoms with Gasteiger partial charge < -0.3 is 19.9 Å². The van der Waals surface area contributed by atoms with Gasteiger partial charge in [0, 0.05) is 11.1 Å². The van der Waals surface area contributed by atoms with Gasteiger partial charge in [0.1, 0.15) is 17.5 Å². The Morgan fingerprint density at radius 1 is 1.10 bits per heavy atom. The summed E-state index contributed by atoms with van der Waals surface area (Å²) >= 11 is 0. The van der Waals surface area contributed by atoms with E-state index < -0.39 is 11.6 Å². The molecule has 3 heterocycles. The highest BCUT2D eigenvalue weighted by Crippen LogP contribution is 2.42. The Bertz CT molecular complexity index is 1350. The van der Waals surface area contributed by atoms with E-state index in [-0.39, 0.29) is 11.4 Å². The van der Waals surface area contributed by atoms with Crippen molar-refractivity contribution in [2.75, 3.05) is 19.5 Å². The third-order valence-electron chi connectivity index (χ3n) is 5.11. The van der Waals surface area contributed by atoms with Crippen LogP contribution in [-0.4, -0.2) is 49.7 Å². The van der Waals surface area contributed by atoms with Gasteiger partial charge in [0.15, 0.2) is 11.5 Å². The largest absolute Gasteiger partial charge is 0.508 e. The van der Waals surface area contributed by atoms with Crippen LogP contribution in [0.1, 0.15) is 17.2 Å². The van der Waals surface area contributed by atoms with Gasteiger partial charge in [-0.1, -0.05) is 17.2 Å². The Balaban J connectivity index is 1.80. The fourth-order valence-corrected chi connectivity index (χ4v) is 3.74. The molecular formula is C20H17N7O4. The van der Waals surface area contributed by atoms with Crippen molar-refractivity contribution in [1.29, 1.82) is 0 Å². The molecule has 0 fully saturated rings. The Kier molecular flexibility index (Phi) is 4.28. The molecule has 0 unspecified atom stereocenters.